The van der Waals surface area contributed by atoms with Crippen LogP contribution in [0, 0.1) is 6.92 Å². The van der Waals surface area contributed by atoms with Gasteiger partial charge in [0.05, 0.1) is 5.69 Å². The second-order valence-electron chi connectivity index (χ2n) is 15.6. The Morgan fingerprint density at radius 1 is 0.500 bits per heavy atom. The van der Waals surface area contributed by atoms with E-state index in [2.05, 4.69) is 176 Å². The van der Waals surface area contributed by atoms with Crippen molar-refractivity contribution in [2.24, 2.45) is 0 Å². The molecule has 0 saturated heterocycles. The van der Waals surface area contributed by atoms with Gasteiger partial charge in [0, 0.05) is 27.6 Å². The highest BCUT2D eigenvalue weighted by Crippen LogP contribution is 2.54. The summed E-state index contributed by atoms with van der Waals surface area (Å²) in [5.41, 5.74) is 17.2. The first-order valence-electron chi connectivity index (χ1n) is 16.7. The lowest BCUT2D eigenvalue weighted by Crippen LogP contribution is -2.19. The average molecular weight is 598 g/mol. The van der Waals surface area contributed by atoms with E-state index in [9.17, 15) is 0 Å². The molecule has 1 nitrogen and oxygen atoms in total. The monoisotopic (exact) mass is 597 g/mol. The summed E-state index contributed by atoms with van der Waals surface area (Å²) in [6, 6.07) is 43.8. The topological polar surface area (TPSA) is 3.24 Å². The normalized spacial score (nSPS) is 15.3. The molecule has 0 spiro atoms. The van der Waals surface area contributed by atoms with E-state index in [0.717, 1.165) is 0 Å². The maximum atomic E-state index is 2.51. The number of hydrogen-bond donors (Lipinski definition) is 0. The minimum Gasteiger partial charge on any atom is -0.310 e. The minimum absolute atomic E-state index is 0.0748. The standard InChI is InChI=1S/C45H43N/c1-28-23-29-13-9-10-14-33(29)42(24-28)46(31-18-21-36-34-15-11-12-16-38(34)44(5,6)40(36)26-31)32-19-22-37-35-20-17-30(43(2,3)4)25-39(35)45(7,8)41(37)27-32/h9-27H,1-8H3. The van der Waals surface area contributed by atoms with E-state index in [1.54, 1.807) is 0 Å². The Morgan fingerprint density at radius 2 is 1.02 bits per heavy atom. The highest BCUT2D eigenvalue weighted by Gasteiger charge is 2.38. The highest BCUT2D eigenvalue weighted by molar-refractivity contribution is 6.00. The van der Waals surface area contributed by atoms with Crippen molar-refractivity contribution in [3.63, 3.8) is 0 Å². The maximum Gasteiger partial charge on any atom is 0.0542 e. The lowest BCUT2D eigenvalue weighted by Gasteiger charge is -2.31. The van der Waals surface area contributed by atoms with Gasteiger partial charge in [0.25, 0.3) is 0 Å². The molecular weight excluding hydrogens is 555 g/mol. The van der Waals surface area contributed by atoms with E-state index in [1.807, 2.05) is 0 Å². The summed E-state index contributed by atoms with van der Waals surface area (Å²) >= 11 is 0. The number of nitrogens with zero attached hydrogens (tertiary/aromatic N) is 1. The molecule has 0 N–H and O–H groups in total. The summed E-state index contributed by atoms with van der Waals surface area (Å²) in [7, 11) is 0. The summed E-state index contributed by atoms with van der Waals surface area (Å²) in [6.45, 7) is 18.7. The fourth-order valence-corrected chi connectivity index (χ4v) is 8.21. The van der Waals surface area contributed by atoms with Crippen LogP contribution in [0.4, 0.5) is 17.1 Å². The Hall–Kier alpha value is -4.62. The van der Waals surface area contributed by atoms with Crippen LogP contribution in [0.15, 0.2) is 115 Å². The van der Waals surface area contributed by atoms with Crippen molar-refractivity contribution in [1.82, 2.24) is 0 Å². The molecule has 46 heavy (non-hydrogen) atoms. The number of hydrogen-bond acceptors (Lipinski definition) is 1. The van der Waals surface area contributed by atoms with Crippen molar-refractivity contribution in [1.29, 1.82) is 0 Å². The van der Waals surface area contributed by atoms with Crippen LogP contribution in [0.2, 0.25) is 0 Å². The first-order valence-corrected chi connectivity index (χ1v) is 16.7. The van der Waals surface area contributed by atoms with Crippen LogP contribution in [0.25, 0.3) is 33.0 Å². The zero-order chi connectivity index (χ0) is 32.2. The van der Waals surface area contributed by atoms with Crippen LogP contribution in [-0.4, -0.2) is 0 Å². The third-order valence-corrected chi connectivity index (χ3v) is 10.8. The summed E-state index contributed by atoms with van der Waals surface area (Å²) in [6.07, 6.45) is 0. The molecule has 8 rings (SSSR count). The number of anilines is 3. The van der Waals surface area contributed by atoms with Gasteiger partial charge in [-0.05, 0) is 104 Å². The van der Waals surface area contributed by atoms with Gasteiger partial charge in [-0.15, -0.1) is 0 Å². The van der Waals surface area contributed by atoms with Crippen LogP contribution >= 0.6 is 0 Å². The second kappa shape index (κ2) is 9.69. The average Bonchev–Trinajstić information content (AvgIpc) is 3.40. The second-order valence-corrected chi connectivity index (χ2v) is 15.6. The van der Waals surface area contributed by atoms with Gasteiger partial charge in [-0.3, -0.25) is 0 Å². The van der Waals surface area contributed by atoms with Crippen molar-refractivity contribution in [3.8, 4) is 22.3 Å². The van der Waals surface area contributed by atoms with Crippen molar-refractivity contribution >= 4 is 27.8 Å². The molecule has 1 heteroatoms. The SMILES string of the molecule is Cc1cc(N(c2ccc3c(c2)C(C)(C)c2ccccc2-3)c2ccc3c(c2)C(C)(C)c2cc(C(C)(C)C)ccc2-3)c2ccccc2c1. The molecular formula is C45H43N. The van der Waals surface area contributed by atoms with E-state index in [-0.39, 0.29) is 16.2 Å². The Labute approximate surface area is 274 Å². The highest BCUT2D eigenvalue weighted by atomic mass is 15.1. The van der Waals surface area contributed by atoms with E-state index in [4.69, 9.17) is 0 Å². The molecule has 0 bridgehead atoms. The zero-order valence-corrected chi connectivity index (χ0v) is 28.4. The van der Waals surface area contributed by atoms with Crippen LogP contribution < -0.4 is 4.90 Å². The van der Waals surface area contributed by atoms with Crippen molar-refractivity contribution in [2.75, 3.05) is 4.90 Å². The van der Waals surface area contributed by atoms with Gasteiger partial charge in [0.2, 0.25) is 0 Å². The predicted octanol–water partition coefficient (Wildman–Crippen LogP) is 12.5. The molecule has 0 radical (unpaired) electrons. The smallest absolute Gasteiger partial charge is 0.0542 e. The number of fused-ring (bicyclic) bond motifs is 7. The zero-order valence-electron chi connectivity index (χ0n) is 28.4. The van der Waals surface area contributed by atoms with Gasteiger partial charge in [0.1, 0.15) is 0 Å². The summed E-state index contributed by atoms with van der Waals surface area (Å²) in [5, 5.41) is 2.52. The fraction of sp³-hybridized carbons (Fsp3) is 0.244. The number of benzene rings is 6. The maximum absolute atomic E-state index is 2.51. The van der Waals surface area contributed by atoms with Crippen LogP contribution in [0.1, 0.15) is 81.8 Å². The number of aryl methyl sites for hydroxylation is 1. The molecule has 0 heterocycles. The quantitative estimate of drug-likeness (QED) is 0.196. The van der Waals surface area contributed by atoms with Gasteiger partial charge in [-0.2, -0.15) is 0 Å². The summed E-state index contributed by atoms with van der Waals surface area (Å²) < 4.78 is 0. The first kappa shape index (κ1) is 28.8. The fourth-order valence-electron chi connectivity index (χ4n) is 8.21. The van der Waals surface area contributed by atoms with Gasteiger partial charge >= 0.3 is 0 Å². The molecule has 2 aliphatic rings. The Morgan fingerprint density at radius 3 is 1.67 bits per heavy atom. The van der Waals surface area contributed by atoms with E-state index in [1.165, 1.54) is 83.5 Å². The van der Waals surface area contributed by atoms with Gasteiger partial charge < -0.3 is 4.90 Å². The van der Waals surface area contributed by atoms with E-state index < -0.39 is 0 Å². The largest absolute Gasteiger partial charge is 0.310 e. The van der Waals surface area contributed by atoms with E-state index in [0.29, 0.717) is 0 Å². The molecule has 0 aromatic heterocycles. The summed E-state index contributed by atoms with van der Waals surface area (Å²) in [4.78, 5) is 2.51. The minimum atomic E-state index is -0.107. The number of rotatable bonds is 3. The molecule has 0 amide bonds. The predicted molar refractivity (Wildman–Crippen MR) is 197 cm³/mol. The van der Waals surface area contributed by atoms with Crippen LogP contribution in [-0.2, 0) is 16.2 Å². The van der Waals surface area contributed by atoms with Gasteiger partial charge in [-0.25, -0.2) is 0 Å². The molecule has 6 aromatic carbocycles. The van der Waals surface area contributed by atoms with Gasteiger partial charge in [0.15, 0.2) is 0 Å². The molecule has 0 fully saturated rings. The molecule has 2 aliphatic carbocycles. The third kappa shape index (κ3) is 4.14. The third-order valence-electron chi connectivity index (χ3n) is 10.8. The molecule has 0 unspecified atom stereocenters. The van der Waals surface area contributed by atoms with Gasteiger partial charge in [-0.1, -0.05) is 133 Å². The molecule has 0 saturated carbocycles. The Kier molecular flexibility index (Phi) is 6.07. The first-order chi connectivity index (χ1) is 21.9. The summed E-state index contributed by atoms with van der Waals surface area (Å²) in [5.74, 6) is 0. The molecule has 0 atom stereocenters. The Balaban J connectivity index is 1.35. The van der Waals surface area contributed by atoms with E-state index >= 15 is 0 Å². The Bertz CT molecular complexity index is 2200. The van der Waals surface area contributed by atoms with Crippen LogP contribution in [0.5, 0.6) is 0 Å². The van der Waals surface area contributed by atoms with Crippen molar-refractivity contribution in [2.45, 2.75) is 71.6 Å². The lowest BCUT2D eigenvalue weighted by molar-refractivity contribution is 0.584. The molecule has 6 aromatic rings. The van der Waals surface area contributed by atoms with Crippen molar-refractivity contribution < 1.29 is 0 Å². The van der Waals surface area contributed by atoms with Crippen molar-refractivity contribution in [3.05, 3.63) is 149 Å². The lowest BCUT2D eigenvalue weighted by atomic mass is 9.79. The van der Waals surface area contributed by atoms with Crippen LogP contribution in [0.3, 0.4) is 0 Å². The molecule has 0 aliphatic heterocycles. The molecule has 228 valence electrons.